The van der Waals surface area contributed by atoms with Crippen LogP contribution in [-0.4, -0.2) is 40.5 Å². The van der Waals surface area contributed by atoms with Crippen molar-refractivity contribution >= 4 is 15.7 Å². The third-order valence-electron chi connectivity index (χ3n) is 3.33. The van der Waals surface area contributed by atoms with Crippen molar-refractivity contribution in [1.82, 2.24) is 4.72 Å². The van der Waals surface area contributed by atoms with Gasteiger partial charge in [0, 0.05) is 6.07 Å². The number of benzene rings is 2. The van der Waals surface area contributed by atoms with Crippen LogP contribution in [-0.2, 0) is 10.0 Å². The zero-order valence-electron chi connectivity index (χ0n) is 13.9. The number of rotatable bonds is 8. The molecule has 0 amide bonds. The number of nitro groups is 1. The number of ether oxygens (including phenoxy) is 1. The van der Waals surface area contributed by atoms with Crippen molar-refractivity contribution in [2.45, 2.75) is 4.90 Å². The highest BCUT2D eigenvalue weighted by Gasteiger charge is 2.22. The largest absolute Gasteiger partial charge is 0.450 e. The molecule has 8 nitrogen and oxygen atoms in total. The van der Waals surface area contributed by atoms with Crippen LogP contribution in [0.1, 0.15) is 0 Å². The summed E-state index contributed by atoms with van der Waals surface area (Å²) in [4.78, 5) is 11.5. The van der Waals surface area contributed by atoms with Crippen molar-refractivity contribution in [3.8, 4) is 11.5 Å². The van der Waals surface area contributed by atoms with Crippen molar-refractivity contribution < 1.29 is 23.0 Å². The van der Waals surface area contributed by atoms with Gasteiger partial charge in [0.1, 0.15) is 5.75 Å². The molecule has 2 N–H and O–H groups in total. The maximum atomic E-state index is 12.3. The van der Waals surface area contributed by atoms with Gasteiger partial charge >= 0.3 is 5.69 Å². The Morgan fingerprint density at radius 1 is 1.16 bits per heavy atom. The van der Waals surface area contributed by atoms with Gasteiger partial charge in [-0.2, -0.15) is 0 Å². The molecular formula is C16H20N3O5S+. The minimum absolute atomic E-state index is 0.0205. The lowest BCUT2D eigenvalue weighted by Gasteiger charge is -2.10. The lowest BCUT2D eigenvalue weighted by Crippen LogP contribution is -3.06. The third kappa shape index (κ3) is 5.24. The Balaban J connectivity index is 2.27. The highest BCUT2D eigenvalue weighted by atomic mass is 32.2. The Kier molecular flexibility index (Phi) is 6.07. The molecule has 134 valence electrons. The van der Waals surface area contributed by atoms with Gasteiger partial charge in [-0.25, -0.2) is 13.1 Å². The van der Waals surface area contributed by atoms with Crippen LogP contribution in [0.4, 0.5) is 5.69 Å². The highest BCUT2D eigenvalue weighted by Crippen LogP contribution is 2.33. The van der Waals surface area contributed by atoms with Crippen molar-refractivity contribution in [3.63, 3.8) is 0 Å². The molecule has 0 heterocycles. The number of sulfonamides is 1. The molecule has 9 heteroatoms. The molecule has 0 saturated heterocycles. The molecule has 0 unspecified atom stereocenters. The monoisotopic (exact) mass is 366 g/mol. The first kappa shape index (κ1) is 18.8. The third-order valence-corrected chi connectivity index (χ3v) is 4.78. The minimum atomic E-state index is -3.82. The van der Waals surface area contributed by atoms with E-state index in [0.29, 0.717) is 12.3 Å². The van der Waals surface area contributed by atoms with E-state index in [1.807, 2.05) is 14.1 Å². The molecule has 2 rings (SSSR count). The first-order chi connectivity index (χ1) is 11.8. The first-order valence-corrected chi connectivity index (χ1v) is 9.08. The summed E-state index contributed by atoms with van der Waals surface area (Å²) in [6.07, 6.45) is 0. The van der Waals surface area contributed by atoms with Crippen molar-refractivity contribution in [2.24, 2.45) is 0 Å². The smallest absolute Gasteiger partial charge is 0.312 e. The number of nitro benzene ring substituents is 1. The van der Waals surface area contributed by atoms with Crippen molar-refractivity contribution in [2.75, 3.05) is 27.2 Å². The molecule has 0 fully saturated rings. The van der Waals surface area contributed by atoms with Gasteiger partial charge in [0.2, 0.25) is 15.8 Å². The zero-order valence-corrected chi connectivity index (χ0v) is 14.7. The van der Waals surface area contributed by atoms with E-state index in [1.54, 1.807) is 30.3 Å². The number of likely N-dealkylation sites (N-methyl/N-ethyl adjacent to an activating group) is 1. The summed E-state index contributed by atoms with van der Waals surface area (Å²) in [7, 11) is -0.0296. The number of nitrogens with one attached hydrogen (secondary N) is 2. The van der Waals surface area contributed by atoms with Gasteiger partial charge < -0.3 is 9.64 Å². The molecule has 0 spiro atoms. The van der Waals surface area contributed by atoms with Gasteiger partial charge in [-0.1, -0.05) is 18.2 Å². The summed E-state index contributed by atoms with van der Waals surface area (Å²) < 4.78 is 32.5. The van der Waals surface area contributed by atoms with Crippen LogP contribution in [0.5, 0.6) is 11.5 Å². The average molecular weight is 366 g/mol. The zero-order chi connectivity index (χ0) is 18.4. The predicted octanol–water partition coefficient (Wildman–Crippen LogP) is 0.810. The molecule has 25 heavy (non-hydrogen) atoms. The standard InChI is InChI=1S/C16H19N3O5S/c1-18(2)11-10-17-25(22,23)14-8-9-16(15(12-14)19(20)21)24-13-6-4-3-5-7-13/h3-9,12,17H,10-11H2,1-2H3/p+1. The molecular weight excluding hydrogens is 346 g/mol. The summed E-state index contributed by atoms with van der Waals surface area (Å²) in [5.41, 5.74) is -0.412. The molecule has 0 atom stereocenters. The second-order valence-corrected chi connectivity index (χ2v) is 7.42. The molecule has 2 aromatic rings. The van der Waals surface area contributed by atoms with E-state index < -0.39 is 20.6 Å². The van der Waals surface area contributed by atoms with E-state index in [9.17, 15) is 18.5 Å². The fourth-order valence-corrected chi connectivity index (χ4v) is 3.08. The molecule has 0 aromatic heterocycles. The highest BCUT2D eigenvalue weighted by molar-refractivity contribution is 7.89. The van der Waals surface area contributed by atoms with Gasteiger partial charge in [-0.3, -0.25) is 10.1 Å². The fraction of sp³-hybridized carbons (Fsp3) is 0.250. The average Bonchev–Trinajstić information content (AvgIpc) is 2.55. The SMILES string of the molecule is C[NH+](C)CCNS(=O)(=O)c1ccc(Oc2ccccc2)c([N+](=O)[O-])c1. The van der Waals surface area contributed by atoms with Gasteiger partial charge in [-0.15, -0.1) is 0 Å². The van der Waals surface area contributed by atoms with Crippen LogP contribution in [0.2, 0.25) is 0 Å². The van der Waals surface area contributed by atoms with Crippen LogP contribution >= 0.6 is 0 Å². The fourth-order valence-electron chi connectivity index (χ4n) is 2.03. The van der Waals surface area contributed by atoms with Crippen molar-refractivity contribution in [1.29, 1.82) is 0 Å². The summed E-state index contributed by atoms with van der Waals surface area (Å²) in [6.45, 7) is 0.831. The molecule has 0 aliphatic carbocycles. The number of para-hydroxylation sites is 1. The van der Waals surface area contributed by atoms with Crippen LogP contribution in [0, 0.1) is 10.1 Å². The number of nitrogens with zero attached hydrogens (tertiary/aromatic N) is 1. The second kappa shape index (κ2) is 8.06. The van der Waals surface area contributed by atoms with E-state index >= 15 is 0 Å². The maximum Gasteiger partial charge on any atom is 0.312 e. The number of hydrogen-bond donors (Lipinski definition) is 2. The van der Waals surface area contributed by atoms with Gasteiger partial charge in [0.15, 0.2) is 0 Å². The first-order valence-electron chi connectivity index (χ1n) is 7.59. The normalized spacial score (nSPS) is 11.5. The van der Waals surface area contributed by atoms with Gasteiger partial charge in [0.25, 0.3) is 0 Å². The molecule has 0 bridgehead atoms. The second-order valence-electron chi connectivity index (χ2n) is 5.66. The molecule has 0 radical (unpaired) electrons. The van der Waals surface area contributed by atoms with Gasteiger partial charge in [0.05, 0.1) is 37.0 Å². The topological polar surface area (TPSA) is 103 Å². The Morgan fingerprint density at radius 3 is 2.44 bits per heavy atom. The number of hydrogen-bond acceptors (Lipinski definition) is 5. The van der Waals surface area contributed by atoms with E-state index in [4.69, 9.17) is 4.74 Å². The summed E-state index contributed by atoms with van der Waals surface area (Å²) in [5, 5.41) is 11.3. The van der Waals surface area contributed by atoms with Crippen LogP contribution in [0.15, 0.2) is 53.4 Å². The minimum Gasteiger partial charge on any atom is -0.450 e. The van der Waals surface area contributed by atoms with E-state index in [2.05, 4.69) is 4.72 Å². The maximum absolute atomic E-state index is 12.3. The lowest BCUT2D eigenvalue weighted by molar-refractivity contribution is -0.856. The van der Waals surface area contributed by atoms with Crippen LogP contribution in [0.25, 0.3) is 0 Å². The van der Waals surface area contributed by atoms with Crippen LogP contribution in [0.3, 0.4) is 0 Å². The van der Waals surface area contributed by atoms with Crippen molar-refractivity contribution in [3.05, 3.63) is 58.6 Å². The summed E-state index contributed by atoms with van der Waals surface area (Å²) >= 11 is 0. The quantitative estimate of drug-likeness (QED) is 0.532. The Morgan fingerprint density at radius 2 is 1.84 bits per heavy atom. The molecule has 0 aliphatic rings. The summed E-state index contributed by atoms with van der Waals surface area (Å²) in [6, 6.07) is 12.1. The lowest BCUT2D eigenvalue weighted by atomic mass is 10.3. The predicted molar refractivity (Wildman–Crippen MR) is 92.5 cm³/mol. The Labute approximate surface area is 146 Å². The van der Waals surface area contributed by atoms with Crippen LogP contribution < -0.4 is 14.4 Å². The van der Waals surface area contributed by atoms with E-state index in [-0.39, 0.29) is 17.2 Å². The summed E-state index contributed by atoms with van der Waals surface area (Å²) in [5.74, 6) is 0.404. The van der Waals surface area contributed by atoms with E-state index in [1.165, 1.54) is 12.1 Å². The van der Waals surface area contributed by atoms with E-state index in [0.717, 1.165) is 11.0 Å². The number of quaternary nitrogens is 1. The molecule has 2 aromatic carbocycles. The Bertz CT molecular complexity index is 838. The van der Waals surface area contributed by atoms with Gasteiger partial charge in [-0.05, 0) is 24.3 Å². The molecule has 0 saturated carbocycles. The molecule has 0 aliphatic heterocycles. The Hall–Kier alpha value is -2.49.